The molecule has 0 aliphatic carbocycles. The van der Waals surface area contributed by atoms with E-state index in [2.05, 4.69) is 15.2 Å². The van der Waals surface area contributed by atoms with E-state index in [1.54, 1.807) is 37.6 Å². The van der Waals surface area contributed by atoms with Crippen molar-refractivity contribution < 1.29 is 17.9 Å². The average Bonchev–Trinajstić information content (AvgIpc) is 3.15. The number of aromatic nitrogens is 4. The monoisotopic (exact) mass is 492 g/mol. The molecule has 2 aliphatic rings. The first kappa shape index (κ1) is 22.2. The third-order valence-electron chi connectivity index (χ3n) is 6.29. The Kier molecular flexibility index (Phi) is 5.18. The molecule has 3 aromatic rings. The molecule has 5 rings (SSSR count). The lowest BCUT2D eigenvalue weighted by Gasteiger charge is -2.41. The molecule has 0 radical (unpaired) electrons. The number of hydrogen-bond acceptors (Lipinski definition) is 9. The van der Waals surface area contributed by atoms with Crippen LogP contribution in [-0.4, -0.2) is 73.6 Å². The van der Waals surface area contributed by atoms with E-state index in [0.717, 1.165) is 5.52 Å². The fourth-order valence-corrected chi connectivity index (χ4v) is 4.77. The predicted octanol–water partition coefficient (Wildman–Crippen LogP) is 2.39. The van der Waals surface area contributed by atoms with Gasteiger partial charge in [0.05, 0.1) is 30.3 Å². The Morgan fingerprint density at radius 3 is 2.73 bits per heavy atom. The zero-order valence-electron chi connectivity index (χ0n) is 18.8. The Morgan fingerprint density at radius 1 is 1.21 bits per heavy atom. The molecule has 1 N–H and O–H groups in total. The maximum atomic E-state index is 12.8. The molecule has 2 aromatic heterocycles. The average molecular weight is 493 g/mol. The highest BCUT2D eigenvalue weighted by molar-refractivity contribution is 7.91. The number of fused-ring (bicyclic) bond motifs is 4. The summed E-state index contributed by atoms with van der Waals surface area (Å²) in [6, 6.07) is 5.35. The number of anilines is 2. The van der Waals surface area contributed by atoms with Gasteiger partial charge in [-0.3, -0.25) is 0 Å². The van der Waals surface area contributed by atoms with Gasteiger partial charge in [0, 0.05) is 24.9 Å². The first-order chi connectivity index (χ1) is 15.6. The summed E-state index contributed by atoms with van der Waals surface area (Å²) in [5.74, 6) is 1.76. The van der Waals surface area contributed by atoms with Crippen molar-refractivity contribution in [2.75, 3.05) is 49.9 Å². The molecule has 10 nitrogen and oxygen atoms in total. The molecule has 33 heavy (non-hydrogen) atoms. The van der Waals surface area contributed by atoms with Crippen molar-refractivity contribution in [2.45, 2.75) is 24.6 Å². The molecule has 1 fully saturated rings. The van der Waals surface area contributed by atoms with E-state index in [1.807, 2.05) is 6.07 Å². The van der Waals surface area contributed by atoms with Gasteiger partial charge in [0.2, 0.25) is 11.9 Å². The fraction of sp³-hybridized carbons (Fsp3) is 0.476. The summed E-state index contributed by atoms with van der Waals surface area (Å²) in [4.78, 5) is 16.4. The minimum absolute atomic E-state index is 0.00898. The van der Waals surface area contributed by atoms with Crippen molar-refractivity contribution >= 4 is 44.2 Å². The van der Waals surface area contributed by atoms with Crippen molar-refractivity contribution in [1.82, 2.24) is 19.5 Å². The van der Waals surface area contributed by atoms with Crippen LogP contribution in [0.3, 0.4) is 0 Å². The third-order valence-corrected chi connectivity index (χ3v) is 8.58. The zero-order chi connectivity index (χ0) is 23.5. The van der Waals surface area contributed by atoms with E-state index in [-0.39, 0.29) is 6.04 Å². The number of rotatable bonds is 4. The van der Waals surface area contributed by atoms with Crippen LogP contribution >= 0.6 is 11.6 Å². The number of sulfone groups is 1. The van der Waals surface area contributed by atoms with Crippen molar-refractivity contribution in [3.63, 3.8) is 0 Å². The van der Waals surface area contributed by atoms with E-state index in [9.17, 15) is 8.42 Å². The molecule has 1 atom stereocenters. The van der Waals surface area contributed by atoms with Gasteiger partial charge in [-0.15, -0.1) is 0 Å². The Bertz CT molecular complexity index is 1360. The lowest BCUT2D eigenvalue weighted by Crippen LogP contribution is -2.52. The molecule has 176 valence electrons. The normalized spacial score (nSPS) is 18.6. The van der Waals surface area contributed by atoms with Gasteiger partial charge < -0.3 is 19.7 Å². The maximum absolute atomic E-state index is 12.8. The van der Waals surface area contributed by atoms with Crippen LogP contribution in [0.1, 0.15) is 19.5 Å². The van der Waals surface area contributed by atoms with Crippen molar-refractivity contribution in [2.24, 2.45) is 0 Å². The molecular weight excluding hydrogens is 468 g/mol. The minimum atomic E-state index is -3.54. The summed E-state index contributed by atoms with van der Waals surface area (Å²) in [7, 11) is -1.79. The molecular formula is C21H25ClN6O4S. The Balaban J connectivity index is 1.82. The number of halogens is 1. The summed E-state index contributed by atoms with van der Waals surface area (Å²) >= 11 is 6.17. The van der Waals surface area contributed by atoms with E-state index in [4.69, 9.17) is 31.0 Å². The lowest BCUT2D eigenvalue weighted by atomic mass is 10.1. The Labute approximate surface area is 196 Å². The molecule has 4 heterocycles. The second kappa shape index (κ2) is 7.71. The molecule has 0 amide bonds. The fourth-order valence-electron chi connectivity index (χ4n) is 4.11. The van der Waals surface area contributed by atoms with Gasteiger partial charge in [0.15, 0.2) is 21.4 Å². The highest BCUT2D eigenvalue weighted by atomic mass is 35.5. The molecule has 1 aromatic carbocycles. The van der Waals surface area contributed by atoms with Gasteiger partial charge >= 0.3 is 0 Å². The quantitative estimate of drug-likeness (QED) is 0.586. The van der Waals surface area contributed by atoms with Gasteiger partial charge in [0.1, 0.15) is 17.0 Å². The number of ether oxygens (including phenoxy) is 2. The molecule has 0 unspecified atom stereocenters. The van der Waals surface area contributed by atoms with Gasteiger partial charge in [-0.2, -0.15) is 4.98 Å². The Hall–Kier alpha value is -2.63. The number of hydrogen-bond donors (Lipinski definition) is 1. The molecule has 0 bridgehead atoms. The van der Waals surface area contributed by atoms with Crippen LogP contribution in [0.15, 0.2) is 18.2 Å². The summed E-state index contributed by atoms with van der Waals surface area (Å²) < 4.78 is 37.7. The predicted molar refractivity (Wildman–Crippen MR) is 127 cm³/mol. The van der Waals surface area contributed by atoms with Gasteiger partial charge in [0.25, 0.3) is 0 Å². The van der Waals surface area contributed by atoms with E-state index >= 15 is 0 Å². The second-order valence-corrected chi connectivity index (χ2v) is 11.7. The van der Waals surface area contributed by atoms with Gasteiger partial charge in [-0.05, 0) is 32.0 Å². The maximum Gasteiger partial charge on any atom is 0.239 e. The summed E-state index contributed by atoms with van der Waals surface area (Å²) in [5, 5.41) is 3.63. The van der Waals surface area contributed by atoms with Crippen LogP contribution in [0.4, 0.5) is 11.8 Å². The Morgan fingerprint density at radius 2 is 2.00 bits per heavy atom. The van der Waals surface area contributed by atoms with Crippen molar-refractivity contribution in [3.8, 4) is 11.7 Å². The number of nitrogens with one attached hydrogen (secondary N) is 1. The highest BCUT2D eigenvalue weighted by Gasteiger charge is 2.42. The zero-order valence-corrected chi connectivity index (χ0v) is 20.4. The summed E-state index contributed by atoms with van der Waals surface area (Å²) in [6.07, 6.45) is 1.20. The molecule has 12 heteroatoms. The van der Waals surface area contributed by atoms with Gasteiger partial charge in [-0.25, -0.2) is 23.0 Å². The van der Waals surface area contributed by atoms with Gasteiger partial charge in [-0.1, -0.05) is 11.6 Å². The van der Waals surface area contributed by atoms with Crippen LogP contribution in [-0.2, 0) is 19.3 Å². The van der Waals surface area contributed by atoms with E-state index in [1.165, 1.54) is 6.26 Å². The number of imidazole rings is 1. The lowest BCUT2D eigenvalue weighted by molar-refractivity contribution is 0.0691. The van der Waals surface area contributed by atoms with Crippen LogP contribution in [0, 0.1) is 0 Å². The molecule has 0 spiro atoms. The molecule has 1 saturated heterocycles. The number of morpholine rings is 1. The van der Waals surface area contributed by atoms with E-state index < -0.39 is 14.6 Å². The van der Waals surface area contributed by atoms with Crippen LogP contribution in [0.2, 0.25) is 5.02 Å². The first-order valence-electron chi connectivity index (χ1n) is 10.6. The summed E-state index contributed by atoms with van der Waals surface area (Å²) in [5.41, 5.74) is 1.72. The van der Waals surface area contributed by atoms with Crippen LogP contribution < -0.4 is 15.0 Å². The minimum Gasteiger partial charge on any atom is -0.486 e. The molecule has 2 aliphatic heterocycles. The van der Waals surface area contributed by atoms with Crippen LogP contribution in [0.25, 0.3) is 17.0 Å². The third kappa shape index (κ3) is 3.49. The standard InChI is InChI=1S/C21H25ClN6O4S/c1-21(2,33(4,29)30)17-16-18(27-7-8-31-10-13(27)11-32-16)26-20(25-17)28-15-6-5-12(22)9-14(15)24-19(28)23-3/h5-6,9,13H,7-8,10-11H2,1-4H3,(H,23,24)/t13-/m0/s1. The van der Waals surface area contributed by atoms with Crippen molar-refractivity contribution in [1.29, 1.82) is 0 Å². The summed E-state index contributed by atoms with van der Waals surface area (Å²) in [6.45, 7) is 5.32. The second-order valence-electron chi connectivity index (χ2n) is 8.69. The smallest absolute Gasteiger partial charge is 0.239 e. The van der Waals surface area contributed by atoms with Crippen molar-refractivity contribution in [3.05, 3.63) is 28.9 Å². The molecule has 0 saturated carbocycles. The highest BCUT2D eigenvalue weighted by Crippen LogP contribution is 2.43. The largest absolute Gasteiger partial charge is 0.486 e. The number of nitrogens with zero attached hydrogens (tertiary/aromatic N) is 5. The van der Waals surface area contributed by atoms with E-state index in [0.29, 0.717) is 66.1 Å². The topological polar surface area (TPSA) is 111 Å². The van der Waals surface area contributed by atoms with Crippen LogP contribution in [0.5, 0.6) is 5.75 Å². The first-order valence-corrected chi connectivity index (χ1v) is 12.8. The SMILES string of the molecule is CNc1nc2cc(Cl)ccc2n1-c1nc2c(c(C(C)(C)S(C)(=O)=O)n1)OC[C@@H]1COCCN21. The number of benzene rings is 1.